The van der Waals surface area contributed by atoms with Crippen molar-refractivity contribution in [1.29, 1.82) is 5.26 Å². The Balaban J connectivity index is 2.17. The van der Waals surface area contributed by atoms with E-state index < -0.39 is 36.5 Å². The summed E-state index contributed by atoms with van der Waals surface area (Å²) in [5.41, 5.74) is 6.62. The molecule has 0 aliphatic carbocycles. The van der Waals surface area contributed by atoms with Crippen LogP contribution in [0.4, 0.5) is 18.9 Å². The van der Waals surface area contributed by atoms with Crippen LogP contribution in [0.5, 0.6) is 0 Å². The van der Waals surface area contributed by atoms with E-state index in [0.717, 1.165) is 6.20 Å². The Hall–Kier alpha value is -4.13. The van der Waals surface area contributed by atoms with Crippen molar-refractivity contribution in [1.82, 2.24) is 4.90 Å². The molecule has 0 bridgehead atoms. The second-order valence-electron chi connectivity index (χ2n) is 7.29. The summed E-state index contributed by atoms with van der Waals surface area (Å²) in [6.45, 7) is -1.58. The van der Waals surface area contributed by atoms with E-state index in [1.807, 2.05) is 6.07 Å². The molecule has 10 heteroatoms. The Morgan fingerprint density at radius 3 is 2.64 bits per heavy atom. The number of amides is 2. The zero-order valence-electron chi connectivity index (χ0n) is 17.5. The topological polar surface area (TPSA) is 112 Å². The lowest BCUT2D eigenvalue weighted by atomic mass is 9.79. The molecular weight excluding hydrogens is 435 g/mol. The Labute approximate surface area is 188 Å². The molecule has 2 amide bonds. The molecule has 0 radical (unpaired) electrons. The maximum Gasteiger partial charge on any atom is 0.406 e. The molecule has 2 aromatic carbocycles. The van der Waals surface area contributed by atoms with Gasteiger partial charge in [-0.1, -0.05) is 24.3 Å². The summed E-state index contributed by atoms with van der Waals surface area (Å²) in [7, 11) is 1.40. The van der Waals surface area contributed by atoms with Crippen LogP contribution in [0.2, 0.25) is 0 Å². The van der Waals surface area contributed by atoms with Gasteiger partial charge in [-0.05, 0) is 29.8 Å². The van der Waals surface area contributed by atoms with Gasteiger partial charge >= 0.3 is 6.18 Å². The maximum absolute atomic E-state index is 13.5. The first kappa shape index (κ1) is 23.5. The van der Waals surface area contributed by atoms with E-state index in [2.05, 4.69) is 10.3 Å². The second kappa shape index (κ2) is 9.56. The second-order valence-corrected chi connectivity index (χ2v) is 7.29. The number of anilines is 1. The van der Waals surface area contributed by atoms with E-state index >= 15 is 0 Å². The molecule has 7 nitrogen and oxygen atoms in total. The van der Waals surface area contributed by atoms with E-state index in [9.17, 15) is 22.8 Å². The van der Waals surface area contributed by atoms with E-state index in [4.69, 9.17) is 11.0 Å². The van der Waals surface area contributed by atoms with Crippen molar-refractivity contribution in [3.8, 4) is 6.07 Å². The number of aliphatic imine (C=N–C) groups is 1. The number of nitrogens with two attached hydrogens (primary N) is 1. The fraction of sp³-hybridized carbons (Fsp3) is 0.217. The Morgan fingerprint density at radius 1 is 1.27 bits per heavy atom. The molecule has 2 aromatic rings. The predicted octanol–water partition coefficient (Wildman–Crippen LogP) is 3.21. The molecule has 3 N–H and O–H groups in total. The highest BCUT2D eigenvalue weighted by molar-refractivity contribution is 6.06. The van der Waals surface area contributed by atoms with Crippen molar-refractivity contribution in [2.24, 2.45) is 10.7 Å². The van der Waals surface area contributed by atoms with Crippen LogP contribution in [0.1, 0.15) is 27.4 Å². The summed E-state index contributed by atoms with van der Waals surface area (Å²) in [5, 5.41) is 11.8. The lowest BCUT2D eigenvalue weighted by molar-refractivity contribution is -0.146. The maximum atomic E-state index is 13.5. The number of hydrogen-bond acceptors (Lipinski definition) is 5. The Kier molecular flexibility index (Phi) is 6.82. The SMILES string of the molecule is CN=CC(=CN)[C@H]1[C@H](C(=O)Nc2cccc(C#N)c2)c2ccccc2C(=O)N1CC(F)(F)F. The molecular formula is C23H20F3N5O2. The number of nitriles is 1. The van der Waals surface area contributed by atoms with Crippen molar-refractivity contribution in [3.63, 3.8) is 0 Å². The fourth-order valence-electron chi connectivity index (χ4n) is 3.87. The minimum absolute atomic E-state index is 0.00580. The molecule has 3 rings (SSSR count). The van der Waals surface area contributed by atoms with Gasteiger partial charge < -0.3 is 16.0 Å². The fourth-order valence-corrected chi connectivity index (χ4v) is 3.87. The third-order valence-electron chi connectivity index (χ3n) is 5.14. The average Bonchev–Trinajstić information content (AvgIpc) is 2.78. The molecule has 0 unspecified atom stereocenters. The van der Waals surface area contributed by atoms with Crippen molar-refractivity contribution >= 4 is 23.7 Å². The van der Waals surface area contributed by atoms with Crippen LogP contribution in [-0.4, -0.2) is 48.7 Å². The number of nitrogens with zero attached hydrogens (tertiary/aromatic N) is 3. The minimum atomic E-state index is -4.72. The molecule has 33 heavy (non-hydrogen) atoms. The van der Waals surface area contributed by atoms with E-state index in [1.165, 1.54) is 37.5 Å². The van der Waals surface area contributed by atoms with Gasteiger partial charge in [0, 0.05) is 36.3 Å². The number of hydrogen-bond donors (Lipinski definition) is 2. The largest absolute Gasteiger partial charge is 0.406 e. The minimum Gasteiger partial charge on any atom is -0.404 e. The third kappa shape index (κ3) is 5.03. The van der Waals surface area contributed by atoms with Crippen molar-refractivity contribution < 1.29 is 22.8 Å². The van der Waals surface area contributed by atoms with Crippen LogP contribution < -0.4 is 11.1 Å². The predicted molar refractivity (Wildman–Crippen MR) is 117 cm³/mol. The number of halogens is 3. The molecule has 0 aromatic heterocycles. The average molecular weight is 455 g/mol. The summed E-state index contributed by atoms with van der Waals surface area (Å²) in [5.74, 6) is -2.75. The van der Waals surface area contributed by atoms with Crippen molar-refractivity contribution in [2.45, 2.75) is 18.1 Å². The molecule has 170 valence electrons. The molecule has 2 atom stereocenters. The van der Waals surface area contributed by atoms with Gasteiger partial charge in [0.15, 0.2) is 0 Å². The van der Waals surface area contributed by atoms with Crippen LogP contribution in [0.25, 0.3) is 0 Å². The first-order chi connectivity index (χ1) is 15.7. The van der Waals surface area contributed by atoms with Gasteiger partial charge in [-0.25, -0.2) is 0 Å². The van der Waals surface area contributed by atoms with Crippen LogP contribution in [0, 0.1) is 11.3 Å². The lowest BCUT2D eigenvalue weighted by Gasteiger charge is -2.42. The van der Waals surface area contributed by atoms with Crippen LogP contribution in [-0.2, 0) is 4.79 Å². The van der Waals surface area contributed by atoms with Crippen LogP contribution in [0.3, 0.4) is 0 Å². The zero-order valence-corrected chi connectivity index (χ0v) is 17.5. The number of fused-ring (bicyclic) bond motifs is 1. The normalized spacial score (nSPS) is 18.7. The molecule has 0 saturated heterocycles. The first-order valence-electron chi connectivity index (χ1n) is 9.81. The molecule has 0 spiro atoms. The number of rotatable bonds is 5. The Bertz CT molecular complexity index is 1170. The van der Waals surface area contributed by atoms with E-state index in [0.29, 0.717) is 10.5 Å². The van der Waals surface area contributed by atoms with Crippen LogP contribution >= 0.6 is 0 Å². The van der Waals surface area contributed by atoms with Gasteiger partial charge in [0.1, 0.15) is 6.54 Å². The molecule has 1 heterocycles. The summed E-state index contributed by atoms with van der Waals surface area (Å²) in [6, 6.07) is 12.7. The quantitative estimate of drug-likeness (QED) is 0.675. The van der Waals surface area contributed by atoms with Gasteiger partial charge in [-0.3, -0.25) is 14.6 Å². The highest BCUT2D eigenvalue weighted by atomic mass is 19.4. The molecule has 0 saturated carbocycles. The van der Waals surface area contributed by atoms with Gasteiger partial charge in [-0.15, -0.1) is 0 Å². The number of alkyl halides is 3. The van der Waals surface area contributed by atoms with Gasteiger partial charge in [0.2, 0.25) is 5.91 Å². The highest BCUT2D eigenvalue weighted by Gasteiger charge is 2.48. The number of benzene rings is 2. The summed E-state index contributed by atoms with van der Waals surface area (Å²) in [4.78, 5) is 31.0. The van der Waals surface area contributed by atoms with Gasteiger partial charge in [0.25, 0.3) is 5.91 Å². The molecule has 1 aliphatic heterocycles. The van der Waals surface area contributed by atoms with E-state index in [-0.39, 0.29) is 22.4 Å². The first-order valence-corrected chi connectivity index (χ1v) is 9.81. The standard InChI is InChI=1S/C23H20F3N5O2/c1-29-12-15(11-28)20-19(21(32)30-16-6-4-5-14(9-16)10-27)17-7-2-3-8-18(17)22(33)31(20)13-23(24,25)26/h2-9,11-12,19-20H,13,28H2,1H3,(H,30,32)/t19-,20+/m1/s1. The van der Waals surface area contributed by atoms with Gasteiger partial charge in [0.05, 0.1) is 23.6 Å². The number of nitrogens with one attached hydrogen (secondary N) is 1. The smallest absolute Gasteiger partial charge is 0.404 e. The summed E-state index contributed by atoms with van der Waals surface area (Å²) >= 11 is 0. The zero-order chi connectivity index (χ0) is 24.2. The van der Waals surface area contributed by atoms with Crippen molar-refractivity contribution in [2.75, 3.05) is 18.9 Å². The van der Waals surface area contributed by atoms with Crippen LogP contribution in [0.15, 0.2) is 65.3 Å². The van der Waals surface area contributed by atoms with Gasteiger partial charge in [-0.2, -0.15) is 18.4 Å². The van der Waals surface area contributed by atoms with Crippen molar-refractivity contribution in [3.05, 3.63) is 77.0 Å². The number of carbonyl (C=O) groups is 2. The number of carbonyl (C=O) groups excluding carboxylic acids is 2. The Morgan fingerprint density at radius 2 is 2.00 bits per heavy atom. The summed E-state index contributed by atoms with van der Waals surface area (Å²) in [6.07, 6.45) is -2.45. The summed E-state index contributed by atoms with van der Waals surface area (Å²) < 4.78 is 40.4. The molecule has 0 fully saturated rings. The third-order valence-corrected chi connectivity index (χ3v) is 5.14. The monoisotopic (exact) mass is 455 g/mol. The highest BCUT2D eigenvalue weighted by Crippen LogP contribution is 2.38. The van der Waals surface area contributed by atoms with E-state index in [1.54, 1.807) is 24.3 Å². The lowest BCUT2D eigenvalue weighted by Crippen LogP contribution is -2.55. The molecule has 1 aliphatic rings.